The Bertz CT molecular complexity index is 147. The molecule has 0 aromatic carbocycles. The second kappa shape index (κ2) is 3.72. The first-order valence-corrected chi connectivity index (χ1v) is 4.15. The number of hydrogen-bond acceptors (Lipinski definition) is 3. The molecular weight excluding hydrogens is 142 g/mol. The largest absolute Gasteiger partial charge is 0.447 e. The van der Waals surface area contributed by atoms with Gasteiger partial charge in [-0.15, -0.1) is 0 Å². The molecule has 0 N–H and O–H groups in total. The Kier molecular flexibility index (Phi) is 2.88. The zero-order valence-electron chi connectivity index (χ0n) is 7.17. The van der Waals surface area contributed by atoms with E-state index in [1.54, 1.807) is 0 Å². The van der Waals surface area contributed by atoms with Crippen molar-refractivity contribution in [2.24, 2.45) is 0 Å². The van der Waals surface area contributed by atoms with Crippen molar-refractivity contribution in [2.45, 2.75) is 32.9 Å². The molecule has 0 radical (unpaired) electrons. The van der Waals surface area contributed by atoms with E-state index in [0.29, 0.717) is 0 Å². The number of likely N-dealkylation sites (tertiary alicyclic amines) is 1. The summed E-state index contributed by atoms with van der Waals surface area (Å²) in [7, 11) is 0. The minimum absolute atomic E-state index is 0.0532. The van der Waals surface area contributed by atoms with Crippen LogP contribution in [0.1, 0.15) is 26.7 Å². The van der Waals surface area contributed by atoms with E-state index in [-0.39, 0.29) is 12.2 Å². The maximum atomic E-state index is 10.6. The lowest BCUT2D eigenvalue weighted by atomic mass is 10.4. The molecule has 1 heterocycles. The first-order valence-electron chi connectivity index (χ1n) is 4.15. The fourth-order valence-electron chi connectivity index (χ4n) is 1.48. The highest BCUT2D eigenvalue weighted by Crippen LogP contribution is 2.17. The van der Waals surface area contributed by atoms with Gasteiger partial charge in [0, 0.05) is 13.5 Å². The van der Waals surface area contributed by atoms with Crippen molar-refractivity contribution in [1.82, 2.24) is 4.90 Å². The number of carbonyl (C=O) groups excluding carboxylic acids is 1. The standard InChI is InChI=1S/C8H15NO2/c1-3-9-6-4-5-8(9)11-7(2)10/h8H,3-6H2,1-2H3/t8-/m1/s1. The summed E-state index contributed by atoms with van der Waals surface area (Å²) in [5.74, 6) is -0.171. The van der Waals surface area contributed by atoms with Crippen LogP contribution in [0.25, 0.3) is 0 Å². The molecule has 3 heteroatoms. The fraction of sp³-hybridized carbons (Fsp3) is 0.875. The lowest BCUT2D eigenvalue weighted by Crippen LogP contribution is -2.32. The number of esters is 1. The molecule has 1 aliphatic heterocycles. The monoisotopic (exact) mass is 157 g/mol. The van der Waals surface area contributed by atoms with E-state index in [1.807, 2.05) is 0 Å². The van der Waals surface area contributed by atoms with E-state index in [9.17, 15) is 4.79 Å². The lowest BCUT2D eigenvalue weighted by Gasteiger charge is -2.21. The van der Waals surface area contributed by atoms with Gasteiger partial charge in [0.15, 0.2) is 6.23 Å². The van der Waals surface area contributed by atoms with Crippen LogP contribution in [0.4, 0.5) is 0 Å². The molecular formula is C8H15NO2. The molecule has 1 atom stereocenters. The van der Waals surface area contributed by atoms with Gasteiger partial charge in [0.25, 0.3) is 0 Å². The Labute approximate surface area is 67.3 Å². The fourth-order valence-corrected chi connectivity index (χ4v) is 1.48. The van der Waals surface area contributed by atoms with Crippen molar-refractivity contribution in [3.05, 3.63) is 0 Å². The van der Waals surface area contributed by atoms with Crippen molar-refractivity contribution >= 4 is 5.97 Å². The molecule has 0 spiro atoms. The second-order valence-corrected chi connectivity index (χ2v) is 2.83. The van der Waals surface area contributed by atoms with Gasteiger partial charge in [0.1, 0.15) is 0 Å². The summed E-state index contributed by atoms with van der Waals surface area (Å²) in [5, 5.41) is 0. The highest BCUT2D eigenvalue weighted by molar-refractivity contribution is 5.66. The van der Waals surface area contributed by atoms with Crippen LogP contribution in [0.2, 0.25) is 0 Å². The van der Waals surface area contributed by atoms with E-state index in [1.165, 1.54) is 6.92 Å². The van der Waals surface area contributed by atoms with Gasteiger partial charge in [-0.05, 0) is 19.4 Å². The van der Waals surface area contributed by atoms with Gasteiger partial charge in [0.05, 0.1) is 0 Å². The van der Waals surface area contributed by atoms with Crippen LogP contribution in [0, 0.1) is 0 Å². The van der Waals surface area contributed by atoms with Crippen LogP contribution >= 0.6 is 0 Å². The van der Waals surface area contributed by atoms with Gasteiger partial charge in [-0.3, -0.25) is 9.69 Å². The third-order valence-electron chi connectivity index (χ3n) is 2.01. The molecule has 0 aromatic heterocycles. The molecule has 1 rings (SSSR count). The van der Waals surface area contributed by atoms with Crippen molar-refractivity contribution in [3.63, 3.8) is 0 Å². The van der Waals surface area contributed by atoms with Crippen molar-refractivity contribution in [2.75, 3.05) is 13.1 Å². The maximum Gasteiger partial charge on any atom is 0.304 e. The lowest BCUT2D eigenvalue weighted by molar-refractivity contribution is -0.153. The van der Waals surface area contributed by atoms with Gasteiger partial charge >= 0.3 is 5.97 Å². The van der Waals surface area contributed by atoms with Gasteiger partial charge in [-0.25, -0.2) is 0 Å². The van der Waals surface area contributed by atoms with Crippen molar-refractivity contribution in [1.29, 1.82) is 0 Å². The zero-order chi connectivity index (χ0) is 8.27. The molecule has 0 bridgehead atoms. The summed E-state index contributed by atoms with van der Waals surface area (Å²) >= 11 is 0. The molecule has 1 saturated heterocycles. The van der Waals surface area contributed by atoms with Gasteiger partial charge in [0.2, 0.25) is 0 Å². The van der Waals surface area contributed by atoms with Crippen LogP contribution in [0.3, 0.4) is 0 Å². The molecule has 0 saturated carbocycles. The molecule has 1 aliphatic rings. The van der Waals surface area contributed by atoms with E-state index in [4.69, 9.17) is 4.74 Å². The predicted molar refractivity (Wildman–Crippen MR) is 42.0 cm³/mol. The summed E-state index contributed by atoms with van der Waals surface area (Å²) in [5.41, 5.74) is 0. The Balaban J connectivity index is 2.37. The Hall–Kier alpha value is -0.570. The minimum atomic E-state index is -0.171. The van der Waals surface area contributed by atoms with E-state index in [0.717, 1.165) is 25.9 Å². The number of rotatable bonds is 2. The Morgan fingerprint density at radius 2 is 2.45 bits per heavy atom. The second-order valence-electron chi connectivity index (χ2n) is 2.83. The summed E-state index contributed by atoms with van der Waals surface area (Å²) in [6.07, 6.45) is 2.19. The van der Waals surface area contributed by atoms with Crippen LogP contribution in [-0.2, 0) is 9.53 Å². The normalized spacial score (nSPS) is 25.5. The minimum Gasteiger partial charge on any atom is -0.447 e. The SMILES string of the molecule is CCN1CCC[C@H]1OC(C)=O. The average Bonchev–Trinajstić information content (AvgIpc) is 2.34. The van der Waals surface area contributed by atoms with Crippen LogP contribution in [0.15, 0.2) is 0 Å². The number of nitrogens with zero attached hydrogens (tertiary/aromatic N) is 1. The number of hydrogen-bond donors (Lipinski definition) is 0. The molecule has 0 amide bonds. The number of ether oxygens (including phenoxy) is 1. The molecule has 64 valence electrons. The van der Waals surface area contributed by atoms with Crippen LogP contribution in [-0.4, -0.2) is 30.2 Å². The van der Waals surface area contributed by atoms with Gasteiger partial charge in [-0.2, -0.15) is 0 Å². The molecule has 0 aliphatic carbocycles. The zero-order valence-corrected chi connectivity index (χ0v) is 7.17. The molecule has 0 aromatic rings. The smallest absolute Gasteiger partial charge is 0.304 e. The van der Waals surface area contributed by atoms with E-state index < -0.39 is 0 Å². The molecule has 3 nitrogen and oxygen atoms in total. The van der Waals surface area contributed by atoms with Crippen LogP contribution < -0.4 is 0 Å². The van der Waals surface area contributed by atoms with E-state index in [2.05, 4.69) is 11.8 Å². The predicted octanol–water partition coefficient (Wildman–Crippen LogP) is 0.991. The maximum absolute atomic E-state index is 10.6. The summed E-state index contributed by atoms with van der Waals surface area (Å²) < 4.78 is 5.10. The molecule has 0 unspecified atom stereocenters. The molecule has 1 fully saturated rings. The first-order chi connectivity index (χ1) is 5.24. The average molecular weight is 157 g/mol. The first kappa shape index (κ1) is 8.53. The third kappa shape index (κ3) is 2.19. The van der Waals surface area contributed by atoms with Crippen molar-refractivity contribution in [3.8, 4) is 0 Å². The molecule has 11 heavy (non-hydrogen) atoms. The summed E-state index contributed by atoms with van der Waals surface area (Å²) in [6, 6.07) is 0. The Morgan fingerprint density at radius 3 is 3.00 bits per heavy atom. The van der Waals surface area contributed by atoms with E-state index >= 15 is 0 Å². The topological polar surface area (TPSA) is 29.5 Å². The van der Waals surface area contributed by atoms with Crippen LogP contribution in [0.5, 0.6) is 0 Å². The van der Waals surface area contributed by atoms with Crippen molar-refractivity contribution < 1.29 is 9.53 Å². The summed E-state index contributed by atoms with van der Waals surface area (Å²) in [6.45, 7) is 5.58. The third-order valence-corrected chi connectivity index (χ3v) is 2.01. The number of carbonyl (C=O) groups is 1. The highest BCUT2D eigenvalue weighted by Gasteiger charge is 2.24. The van der Waals surface area contributed by atoms with Gasteiger partial charge < -0.3 is 4.74 Å². The quantitative estimate of drug-likeness (QED) is 0.560. The summed E-state index contributed by atoms with van der Waals surface area (Å²) in [4.78, 5) is 12.8. The van der Waals surface area contributed by atoms with Gasteiger partial charge in [-0.1, -0.05) is 6.92 Å². The Morgan fingerprint density at radius 1 is 1.73 bits per heavy atom. The highest BCUT2D eigenvalue weighted by atomic mass is 16.6.